The first-order chi connectivity index (χ1) is 56.1. The molecule has 0 bridgehead atoms. The number of benzene rings is 5. The van der Waals surface area contributed by atoms with Crippen molar-refractivity contribution in [2.45, 2.75) is 200 Å². The molecule has 0 aromatic heterocycles. The van der Waals surface area contributed by atoms with Crippen molar-refractivity contribution in [3.63, 3.8) is 0 Å². The molecule has 118 heavy (non-hydrogen) atoms. The number of hydrogen-bond acceptors (Lipinski definition) is 24. The zero-order valence-electron chi connectivity index (χ0n) is 74.2. The van der Waals surface area contributed by atoms with Gasteiger partial charge in [-0.2, -0.15) is 0 Å². The molecule has 0 saturated heterocycles. The third kappa shape index (κ3) is 33.5. The van der Waals surface area contributed by atoms with Crippen LogP contribution in [0.4, 0.5) is 22.7 Å². The lowest BCUT2D eigenvalue weighted by molar-refractivity contribution is 0.0245. The number of ether oxygens (including phenoxy) is 18. The van der Waals surface area contributed by atoms with Crippen molar-refractivity contribution < 1.29 is 114 Å². The molecule has 0 fully saturated rings. The van der Waals surface area contributed by atoms with E-state index in [0.29, 0.717) is 75.1 Å². The van der Waals surface area contributed by atoms with Crippen LogP contribution in [0.15, 0.2) is 60.7 Å². The van der Waals surface area contributed by atoms with E-state index in [9.17, 15) is 9.59 Å². The molecule has 0 spiro atoms. The summed E-state index contributed by atoms with van der Waals surface area (Å²) in [5.41, 5.74) is -0.710. The fraction of sp³-hybridized carbons (Fsp3) is 0.600. The van der Waals surface area contributed by atoms with Crippen molar-refractivity contribution >= 4 is 58.3 Å². The van der Waals surface area contributed by atoms with E-state index in [-0.39, 0.29) is 165 Å². The largest absolute Gasteiger partial charge is 0.494 e. The van der Waals surface area contributed by atoms with Crippen LogP contribution in [0.3, 0.4) is 0 Å². The first kappa shape index (κ1) is 99.2. The Kier molecular flexibility index (Phi) is 43.1. The third-order valence-electron chi connectivity index (χ3n) is 18.5. The third-order valence-corrected chi connectivity index (χ3v) is 18.5. The van der Waals surface area contributed by atoms with E-state index in [0.717, 1.165) is 38.5 Å². The van der Waals surface area contributed by atoms with Crippen LogP contribution in [-0.2, 0) is 37.9 Å². The molecular weight excluding hydrogens is 1520 g/mol. The second-order valence-corrected chi connectivity index (χ2v) is 31.9. The Morgan fingerprint density at radius 2 is 0.407 bits per heavy atom. The number of methoxy groups -OCH3 is 6. The minimum atomic E-state index is -0.840. The number of rotatable bonds is 56. The predicted molar refractivity (Wildman–Crippen MR) is 455 cm³/mol. The Bertz CT molecular complexity index is 3730. The summed E-state index contributed by atoms with van der Waals surface area (Å²) in [6.45, 7) is 38.9. The van der Waals surface area contributed by atoms with E-state index in [2.05, 4.69) is 104 Å². The van der Waals surface area contributed by atoms with Crippen LogP contribution in [0.1, 0.15) is 225 Å². The van der Waals surface area contributed by atoms with E-state index < -0.39 is 60.0 Å². The average Bonchev–Trinajstić information content (AvgIpc) is 0.801. The SMILES string of the molecule is COC(=O)c1cc(C(=O)Nc2cc(NC(=O)c3cc(C(=O)Nc4cc(NC(=O)c5cc(C(=O)OC)c(OCC(C)OCCC(C)C)cc5OCC(C)OCCC(C)C)c(OC)cc4OC)c(OCC(C)OCCC(C)C)cc3OCC(C)OCCC(C)C)c(OC)cc2OC)c(OCC(C)OCCC(C)C)cc1OCC(C)OCCC(C)C. The maximum Gasteiger partial charge on any atom is 0.341 e. The Hall–Kier alpha value is -9.32. The lowest BCUT2D eigenvalue weighted by atomic mass is 10.1. The molecule has 6 atom stereocenters. The van der Waals surface area contributed by atoms with Gasteiger partial charge in [0.05, 0.1) is 124 Å². The maximum atomic E-state index is 15.6. The van der Waals surface area contributed by atoms with E-state index in [4.69, 9.17) is 85.3 Å². The van der Waals surface area contributed by atoms with Gasteiger partial charge < -0.3 is 107 Å². The van der Waals surface area contributed by atoms with Gasteiger partial charge in [0, 0.05) is 70.0 Å². The smallest absolute Gasteiger partial charge is 0.341 e. The zero-order chi connectivity index (χ0) is 87.3. The summed E-state index contributed by atoms with van der Waals surface area (Å²) >= 11 is 0. The second-order valence-electron chi connectivity index (χ2n) is 31.9. The molecule has 28 nitrogen and oxygen atoms in total. The molecular formula is C90H134N4O24. The number of esters is 2. The number of amides is 4. The summed E-state index contributed by atoms with van der Waals surface area (Å²) < 4.78 is 109. The molecule has 4 N–H and O–H groups in total. The average molecular weight is 1660 g/mol. The first-order valence-corrected chi connectivity index (χ1v) is 41.1. The summed E-state index contributed by atoms with van der Waals surface area (Å²) in [7, 11) is 7.93. The van der Waals surface area contributed by atoms with E-state index in [1.807, 2.05) is 41.5 Å². The fourth-order valence-electron chi connectivity index (χ4n) is 11.2. The summed E-state index contributed by atoms with van der Waals surface area (Å²) in [5.74, 6) is -2.07. The number of carbonyl (C=O) groups is 6. The van der Waals surface area contributed by atoms with Crippen LogP contribution >= 0.6 is 0 Å². The second kappa shape index (κ2) is 51.2. The van der Waals surface area contributed by atoms with Crippen LogP contribution < -0.4 is 68.6 Å². The Balaban J connectivity index is 1.68. The zero-order valence-corrected chi connectivity index (χ0v) is 74.2. The van der Waals surface area contributed by atoms with E-state index >= 15 is 19.2 Å². The molecule has 4 amide bonds. The highest BCUT2D eigenvalue weighted by molar-refractivity contribution is 6.14. The van der Waals surface area contributed by atoms with Crippen LogP contribution in [0.5, 0.6) is 57.5 Å². The summed E-state index contributed by atoms with van der Waals surface area (Å²) in [6, 6.07) is 14.0. The van der Waals surface area contributed by atoms with Gasteiger partial charge >= 0.3 is 11.9 Å². The highest BCUT2D eigenvalue weighted by Gasteiger charge is 2.31. The van der Waals surface area contributed by atoms with Crippen molar-refractivity contribution in [1.82, 2.24) is 0 Å². The summed E-state index contributed by atoms with van der Waals surface area (Å²) in [5, 5.41) is 11.7. The number of hydrogen-bond donors (Lipinski definition) is 4. The monoisotopic (exact) mass is 1650 g/mol. The molecule has 0 aliphatic heterocycles. The van der Waals surface area contributed by atoms with Crippen LogP contribution in [0, 0.1) is 35.5 Å². The molecule has 658 valence electrons. The quantitative estimate of drug-likeness (QED) is 0.0263. The molecule has 5 aromatic rings. The van der Waals surface area contributed by atoms with Crippen molar-refractivity contribution in [3.8, 4) is 57.5 Å². The van der Waals surface area contributed by atoms with Gasteiger partial charge in [-0.25, -0.2) is 9.59 Å². The molecule has 0 aliphatic rings. The molecule has 0 saturated carbocycles. The highest BCUT2D eigenvalue weighted by atomic mass is 16.6. The van der Waals surface area contributed by atoms with E-state index in [1.165, 1.54) is 103 Å². The number of carbonyl (C=O) groups excluding carboxylic acids is 6. The molecule has 6 unspecified atom stereocenters. The maximum absolute atomic E-state index is 15.6. The van der Waals surface area contributed by atoms with Gasteiger partial charge in [-0.1, -0.05) is 83.1 Å². The van der Waals surface area contributed by atoms with Crippen molar-refractivity contribution in [1.29, 1.82) is 0 Å². The lowest BCUT2D eigenvalue weighted by Crippen LogP contribution is -2.24. The van der Waals surface area contributed by atoms with Crippen LogP contribution in [0.2, 0.25) is 0 Å². The minimum Gasteiger partial charge on any atom is -0.494 e. The highest BCUT2D eigenvalue weighted by Crippen LogP contribution is 2.42. The Morgan fingerprint density at radius 1 is 0.237 bits per heavy atom. The molecule has 28 heteroatoms. The Labute approximate surface area is 699 Å². The van der Waals surface area contributed by atoms with Crippen molar-refractivity contribution in [2.75, 3.05) is 143 Å². The van der Waals surface area contributed by atoms with Crippen LogP contribution in [-0.4, -0.2) is 194 Å². The molecule has 0 heterocycles. The fourth-order valence-corrected chi connectivity index (χ4v) is 11.2. The van der Waals surface area contributed by atoms with Gasteiger partial charge in [-0.15, -0.1) is 0 Å². The van der Waals surface area contributed by atoms with Gasteiger partial charge in [0.25, 0.3) is 23.6 Å². The summed E-state index contributed by atoms with van der Waals surface area (Å²) in [6.07, 6.45) is 2.19. The Morgan fingerprint density at radius 3 is 0.576 bits per heavy atom. The minimum absolute atomic E-state index is 0.000667. The van der Waals surface area contributed by atoms with Gasteiger partial charge in [0.15, 0.2) is 0 Å². The van der Waals surface area contributed by atoms with Crippen molar-refractivity contribution in [3.05, 3.63) is 94.0 Å². The van der Waals surface area contributed by atoms with Gasteiger partial charge in [0.1, 0.15) is 108 Å². The topological polar surface area (TPSA) is 317 Å². The van der Waals surface area contributed by atoms with Crippen molar-refractivity contribution in [2.24, 2.45) is 35.5 Å². The van der Waals surface area contributed by atoms with Gasteiger partial charge in [-0.05, 0) is 146 Å². The predicted octanol–water partition coefficient (Wildman–Crippen LogP) is 17.3. The first-order valence-electron chi connectivity index (χ1n) is 41.1. The lowest BCUT2D eigenvalue weighted by Gasteiger charge is -2.22. The summed E-state index contributed by atoms with van der Waals surface area (Å²) in [4.78, 5) is 88.7. The van der Waals surface area contributed by atoms with E-state index in [1.54, 1.807) is 0 Å². The molecule has 0 aliphatic carbocycles. The normalized spacial score (nSPS) is 13.0. The molecule has 0 radical (unpaired) electrons. The molecule has 5 aromatic carbocycles. The van der Waals surface area contributed by atoms with Gasteiger partial charge in [-0.3, -0.25) is 19.2 Å². The number of anilines is 4. The van der Waals surface area contributed by atoms with Gasteiger partial charge in [0.2, 0.25) is 0 Å². The molecule has 5 rings (SSSR count). The van der Waals surface area contributed by atoms with Crippen LogP contribution in [0.25, 0.3) is 0 Å². The standard InChI is InChI=1S/C90H134N4O24/c1-53(2)25-31-107-59(13)47-113-75-42-76(114-48-60(14)108-32-26-54(3)4)66(86(96)92-72-41-74(84(104-22)46-82(72)102-20)94-88(98)68-39-70(90(100)106-24)80(118-52-64(18)112-36-30-58(11)12)44-78(68)116-50-62(16)110-34-28-56(7)8)37-65(75)85(95)91-71-40-73(83(103-21)45-81(71)101-19)93-87(97)67-38-69(89(99)105-23)79(117-51-63(17)111-35-29-57(9)10)43-77(67)115-49-61(15)109-33-27-55(5)6/h37-46,53-64H,25-36,47-52H2,1-24H3,(H,91,95)(H,92,96)(H,93,97)(H,94,98). The number of nitrogens with one attached hydrogen (secondary N) is 4.